The lowest BCUT2D eigenvalue weighted by atomic mass is 9.94. The first-order chi connectivity index (χ1) is 8.72. The van der Waals surface area contributed by atoms with E-state index in [1.165, 1.54) is 0 Å². The van der Waals surface area contributed by atoms with Gasteiger partial charge in [-0.15, -0.1) is 11.8 Å². The van der Waals surface area contributed by atoms with Crippen LogP contribution in [0.1, 0.15) is 34.8 Å². The van der Waals surface area contributed by atoms with Gasteiger partial charge >= 0.3 is 5.97 Å². The molecule has 2 rings (SSSR count). The summed E-state index contributed by atoms with van der Waals surface area (Å²) in [4.78, 5) is 13.5. The van der Waals surface area contributed by atoms with Crippen LogP contribution in [0.4, 0.5) is 0 Å². The van der Waals surface area contributed by atoms with Gasteiger partial charge in [0.25, 0.3) is 0 Å². The van der Waals surface area contributed by atoms with Crippen LogP contribution in [0, 0.1) is 11.8 Å². The third-order valence-electron chi connectivity index (χ3n) is 3.31. The Kier molecular flexibility index (Phi) is 4.01. The van der Waals surface area contributed by atoms with E-state index in [0.717, 1.165) is 43.6 Å². The highest BCUT2D eigenvalue weighted by Crippen LogP contribution is 2.22. The Morgan fingerprint density at radius 3 is 3.06 bits per heavy atom. The fraction of sp³-hybridized carbons (Fsp3) is 0.400. The second-order valence-corrected chi connectivity index (χ2v) is 4.45. The molecule has 0 amide bonds. The van der Waals surface area contributed by atoms with E-state index >= 15 is 0 Å². The van der Waals surface area contributed by atoms with E-state index in [1.54, 1.807) is 6.07 Å². The van der Waals surface area contributed by atoms with Crippen LogP contribution < -0.4 is 0 Å². The molecular weight excluding hydrogens is 226 g/mol. The van der Waals surface area contributed by atoms with Crippen LogP contribution in [-0.4, -0.2) is 29.1 Å². The predicted octanol–water partition coefficient (Wildman–Crippen LogP) is 2.16. The maximum absolute atomic E-state index is 11.1. The van der Waals surface area contributed by atoms with E-state index in [2.05, 4.69) is 16.7 Å². The quantitative estimate of drug-likeness (QED) is 0.827. The van der Waals surface area contributed by atoms with Crippen molar-refractivity contribution >= 4 is 5.97 Å². The molecule has 0 bridgehead atoms. The number of hydrogen-bond donors (Lipinski definition) is 1. The second-order valence-electron chi connectivity index (χ2n) is 4.45. The summed E-state index contributed by atoms with van der Waals surface area (Å²) in [6.07, 6.45) is 1.70. The van der Waals surface area contributed by atoms with Gasteiger partial charge in [0.05, 0.1) is 5.56 Å². The summed E-state index contributed by atoms with van der Waals surface area (Å²) in [5.41, 5.74) is 2.61. The molecule has 0 saturated heterocycles. The minimum Gasteiger partial charge on any atom is -0.478 e. The molecule has 0 aliphatic carbocycles. The Labute approximate surface area is 107 Å². The number of aromatic carboxylic acids is 1. The highest BCUT2D eigenvalue weighted by atomic mass is 16.4. The van der Waals surface area contributed by atoms with Crippen LogP contribution >= 0.6 is 0 Å². The van der Waals surface area contributed by atoms with Crippen molar-refractivity contribution in [1.82, 2.24) is 4.90 Å². The van der Waals surface area contributed by atoms with Crippen LogP contribution in [0.15, 0.2) is 18.2 Å². The Balaban J connectivity index is 2.12. The third kappa shape index (κ3) is 2.72. The van der Waals surface area contributed by atoms with Gasteiger partial charge in [-0.05, 0) is 30.5 Å². The monoisotopic (exact) mass is 243 g/mol. The Morgan fingerprint density at radius 1 is 1.50 bits per heavy atom. The molecule has 1 heterocycles. The summed E-state index contributed by atoms with van der Waals surface area (Å²) in [6.45, 7) is 4.56. The Bertz CT molecular complexity index is 511. The van der Waals surface area contributed by atoms with Gasteiger partial charge in [0.2, 0.25) is 0 Å². The van der Waals surface area contributed by atoms with Crippen molar-refractivity contribution < 1.29 is 9.90 Å². The molecule has 1 aromatic carbocycles. The molecule has 0 atom stereocenters. The predicted molar refractivity (Wildman–Crippen MR) is 70.4 cm³/mol. The van der Waals surface area contributed by atoms with Gasteiger partial charge in [-0.25, -0.2) is 4.79 Å². The molecule has 94 valence electrons. The summed E-state index contributed by atoms with van der Waals surface area (Å²) in [5, 5.41) is 9.15. The summed E-state index contributed by atoms with van der Waals surface area (Å²) >= 11 is 0. The summed E-state index contributed by atoms with van der Waals surface area (Å²) in [7, 11) is 0. The van der Waals surface area contributed by atoms with Gasteiger partial charge in [0, 0.05) is 26.1 Å². The SMILES string of the molecule is CC#CCCN1CCc2c(cccc2C(=O)O)C1. The average Bonchev–Trinajstić information content (AvgIpc) is 2.38. The number of hydrogen-bond acceptors (Lipinski definition) is 2. The largest absolute Gasteiger partial charge is 0.478 e. The summed E-state index contributed by atoms with van der Waals surface area (Å²) in [6, 6.07) is 5.55. The molecule has 0 radical (unpaired) electrons. The molecule has 3 nitrogen and oxygen atoms in total. The van der Waals surface area contributed by atoms with Crippen LogP contribution in [0.2, 0.25) is 0 Å². The number of fused-ring (bicyclic) bond motifs is 1. The topological polar surface area (TPSA) is 40.5 Å². The van der Waals surface area contributed by atoms with Crippen molar-refractivity contribution in [2.75, 3.05) is 13.1 Å². The van der Waals surface area contributed by atoms with Gasteiger partial charge in [-0.3, -0.25) is 4.90 Å². The normalized spacial score (nSPS) is 14.5. The maximum atomic E-state index is 11.1. The highest BCUT2D eigenvalue weighted by molar-refractivity contribution is 5.89. The summed E-state index contributed by atoms with van der Waals surface area (Å²) in [5.74, 6) is 5.14. The van der Waals surface area contributed by atoms with Gasteiger partial charge in [0.15, 0.2) is 0 Å². The number of benzene rings is 1. The lowest BCUT2D eigenvalue weighted by Crippen LogP contribution is -2.32. The zero-order valence-corrected chi connectivity index (χ0v) is 10.6. The number of nitrogens with zero attached hydrogens (tertiary/aromatic N) is 1. The van der Waals surface area contributed by atoms with Gasteiger partial charge in [-0.2, -0.15) is 0 Å². The van der Waals surface area contributed by atoms with Gasteiger partial charge < -0.3 is 5.11 Å². The molecule has 3 heteroatoms. The smallest absolute Gasteiger partial charge is 0.335 e. The fourth-order valence-corrected chi connectivity index (χ4v) is 2.40. The van der Waals surface area contributed by atoms with E-state index < -0.39 is 5.97 Å². The van der Waals surface area contributed by atoms with E-state index in [4.69, 9.17) is 5.11 Å². The van der Waals surface area contributed by atoms with Crippen molar-refractivity contribution in [3.8, 4) is 11.8 Å². The summed E-state index contributed by atoms with van der Waals surface area (Å²) < 4.78 is 0. The van der Waals surface area contributed by atoms with E-state index in [0.29, 0.717) is 5.56 Å². The van der Waals surface area contributed by atoms with Crippen molar-refractivity contribution in [2.45, 2.75) is 26.3 Å². The number of rotatable bonds is 3. The molecule has 1 aliphatic rings. The van der Waals surface area contributed by atoms with Crippen LogP contribution in [0.3, 0.4) is 0 Å². The van der Waals surface area contributed by atoms with Crippen molar-refractivity contribution in [3.05, 3.63) is 34.9 Å². The number of carboxylic acids is 1. The molecule has 0 fully saturated rings. The lowest BCUT2D eigenvalue weighted by molar-refractivity contribution is 0.0694. The Hall–Kier alpha value is -1.79. The number of carbonyl (C=O) groups is 1. The molecule has 1 aliphatic heterocycles. The van der Waals surface area contributed by atoms with E-state index in [1.807, 2.05) is 19.1 Å². The molecule has 18 heavy (non-hydrogen) atoms. The molecule has 1 N–H and O–H groups in total. The fourth-order valence-electron chi connectivity index (χ4n) is 2.40. The molecule has 0 saturated carbocycles. The first-order valence-corrected chi connectivity index (χ1v) is 6.18. The van der Waals surface area contributed by atoms with Crippen molar-refractivity contribution in [1.29, 1.82) is 0 Å². The molecule has 0 spiro atoms. The van der Waals surface area contributed by atoms with Crippen LogP contribution in [-0.2, 0) is 13.0 Å². The second kappa shape index (κ2) is 5.70. The highest BCUT2D eigenvalue weighted by Gasteiger charge is 2.20. The number of carboxylic acid groups (broad SMARTS) is 1. The minimum absolute atomic E-state index is 0.459. The van der Waals surface area contributed by atoms with Crippen LogP contribution in [0.25, 0.3) is 0 Å². The van der Waals surface area contributed by atoms with Gasteiger partial charge in [0.1, 0.15) is 0 Å². The first kappa shape index (κ1) is 12.7. The molecule has 0 unspecified atom stereocenters. The van der Waals surface area contributed by atoms with Crippen LogP contribution in [0.5, 0.6) is 0 Å². The average molecular weight is 243 g/mol. The first-order valence-electron chi connectivity index (χ1n) is 6.18. The maximum Gasteiger partial charge on any atom is 0.335 e. The van der Waals surface area contributed by atoms with Crippen molar-refractivity contribution in [2.24, 2.45) is 0 Å². The standard InChI is InChI=1S/C15H17NO2/c1-2-3-4-9-16-10-8-13-12(11-16)6-5-7-14(13)15(17)18/h5-7H,4,8-11H2,1H3,(H,17,18). The van der Waals surface area contributed by atoms with Crippen molar-refractivity contribution in [3.63, 3.8) is 0 Å². The molecule has 1 aromatic rings. The zero-order valence-electron chi connectivity index (χ0n) is 10.6. The van der Waals surface area contributed by atoms with E-state index in [-0.39, 0.29) is 0 Å². The zero-order chi connectivity index (χ0) is 13.0. The Morgan fingerprint density at radius 2 is 2.33 bits per heavy atom. The molecule has 0 aromatic heterocycles. The molecular formula is C15H17NO2. The third-order valence-corrected chi connectivity index (χ3v) is 3.31. The minimum atomic E-state index is -0.822. The lowest BCUT2D eigenvalue weighted by Gasteiger charge is -2.28. The van der Waals surface area contributed by atoms with E-state index in [9.17, 15) is 4.79 Å². The van der Waals surface area contributed by atoms with Gasteiger partial charge in [-0.1, -0.05) is 12.1 Å².